The lowest BCUT2D eigenvalue weighted by atomic mass is 10.1. The zero-order valence-electron chi connectivity index (χ0n) is 14.5. The maximum Gasteiger partial charge on any atom is 0.255 e. The van der Waals surface area contributed by atoms with Crippen LogP contribution in [0.5, 0.6) is 17.2 Å². The molecular weight excluding hydrogens is 374 g/mol. The number of nitrogens with two attached hydrogens (primary N) is 1. The van der Waals surface area contributed by atoms with E-state index in [2.05, 4.69) is 5.32 Å². The van der Waals surface area contributed by atoms with Gasteiger partial charge in [0.25, 0.3) is 11.8 Å². The van der Waals surface area contributed by atoms with Crippen molar-refractivity contribution in [1.29, 1.82) is 5.26 Å². The van der Waals surface area contributed by atoms with Crippen molar-refractivity contribution in [3.05, 3.63) is 46.5 Å². The maximum atomic E-state index is 12.5. The first-order valence-electron chi connectivity index (χ1n) is 7.57. The third-order valence-electron chi connectivity index (χ3n) is 3.43. The zero-order valence-corrected chi connectivity index (χ0v) is 15.3. The highest BCUT2D eigenvalue weighted by molar-refractivity contribution is 6.32. The Kier molecular flexibility index (Phi) is 6.46. The minimum Gasteiger partial charge on any atom is -0.493 e. The van der Waals surface area contributed by atoms with Gasteiger partial charge in [0.2, 0.25) is 5.75 Å². The smallest absolute Gasteiger partial charge is 0.255 e. The molecule has 0 fully saturated rings. The average molecular weight is 390 g/mol. The summed E-state index contributed by atoms with van der Waals surface area (Å²) in [6, 6.07) is 9.32. The second-order valence-corrected chi connectivity index (χ2v) is 5.63. The molecule has 2 amide bonds. The number of carbonyl (C=O) groups is 2. The van der Waals surface area contributed by atoms with Crippen molar-refractivity contribution < 1.29 is 23.8 Å². The van der Waals surface area contributed by atoms with Crippen LogP contribution in [0.1, 0.15) is 15.9 Å². The van der Waals surface area contributed by atoms with E-state index in [1.807, 2.05) is 6.07 Å². The number of carbonyl (C=O) groups excluding carboxylic acids is 2. The summed E-state index contributed by atoms with van der Waals surface area (Å²) in [5.41, 5.74) is 6.01. The maximum absolute atomic E-state index is 12.5. The second-order valence-electron chi connectivity index (χ2n) is 5.23. The fourth-order valence-corrected chi connectivity index (χ4v) is 2.41. The van der Waals surface area contributed by atoms with Crippen LogP contribution in [-0.2, 0) is 4.79 Å². The van der Waals surface area contributed by atoms with Crippen LogP contribution in [0.4, 0.5) is 5.69 Å². The Bertz CT molecular complexity index is 899. The molecule has 9 heteroatoms. The summed E-state index contributed by atoms with van der Waals surface area (Å²) in [4.78, 5) is 23.5. The van der Waals surface area contributed by atoms with Crippen LogP contribution in [0.3, 0.4) is 0 Å². The molecule has 0 atom stereocenters. The zero-order chi connectivity index (χ0) is 20.0. The third kappa shape index (κ3) is 4.80. The van der Waals surface area contributed by atoms with Crippen LogP contribution in [0.2, 0.25) is 5.02 Å². The number of nitrogens with zero attached hydrogens (tertiary/aromatic N) is 1. The van der Waals surface area contributed by atoms with Gasteiger partial charge in [-0.1, -0.05) is 11.6 Å². The van der Waals surface area contributed by atoms with Gasteiger partial charge in [0.15, 0.2) is 18.1 Å². The number of hydrogen-bond donors (Lipinski definition) is 2. The Balaban J connectivity index is 2.31. The van der Waals surface area contributed by atoms with Gasteiger partial charge in [-0.2, -0.15) is 5.26 Å². The van der Waals surface area contributed by atoms with Gasteiger partial charge in [0.1, 0.15) is 6.07 Å². The minimum atomic E-state index is -0.668. The minimum absolute atomic E-state index is 0.150. The molecule has 8 nitrogen and oxygen atoms in total. The van der Waals surface area contributed by atoms with Gasteiger partial charge in [0.05, 0.1) is 24.8 Å². The average Bonchev–Trinajstić information content (AvgIpc) is 2.65. The van der Waals surface area contributed by atoms with Crippen LogP contribution in [0.15, 0.2) is 30.3 Å². The van der Waals surface area contributed by atoms with Crippen molar-refractivity contribution in [3.63, 3.8) is 0 Å². The Labute approximate surface area is 160 Å². The molecule has 0 saturated carbocycles. The Hall–Kier alpha value is -3.44. The highest BCUT2D eigenvalue weighted by atomic mass is 35.5. The third-order valence-corrected chi connectivity index (χ3v) is 3.74. The standard InChI is InChI=1S/C18H16ClN3O5/c1-25-14-5-11(6-15(26-2)17(14)27-9-16(21)23)18(24)22-12-4-3-10(8-20)13(19)7-12/h3-7H,9H2,1-2H3,(H2,21,23)(H,22,24). The topological polar surface area (TPSA) is 124 Å². The first kappa shape index (κ1) is 19.9. The number of nitriles is 1. The number of benzene rings is 2. The fourth-order valence-electron chi connectivity index (χ4n) is 2.18. The van der Waals surface area contributed by atoms with E-state index >= 15 is 0 Å². The molecule has 0 radical (unpaired) electrons. The van der Waals surface area contributed by atoms with Crippen molar-refractivity contribution in [2.45, 2.75) is 0 Å². The number of primary amides is 1. The molecule has 140 valence electrons. The number of hydrogen-bond acceptors (Lipinski definition) is 6. The van der Waals surface area contributed by atoms with Crippen molar-refractivity contribution >= 4 is 29.1 Å². The predicted octanol–water partition coefficient (Wildman–Crippen LogP) is 2.35. The van der Waals surface area contributed by atoms with Crippen molar-refractivity contribution in [3.8, 4) is 23.3 Å². The SMILES string of the molecule is COc1cc(C(=O)Nc2ccc(C#N)c(Cl)c2)cc(OC)c1OCC(N)=O. The van der Waals surface area contributed by atoms with Gasteiger partial charge in [0, 0.05) is 11.3 Å². The molecule has 2 rings (SSSR count). The molecule has 0 aliphatic heterocycles. The Morgan fingerprint density at radius 1 is 1.19 bits per heavy atom. The van der Waals surface area contributed by atoms with Gasteiger partial charge in [-0.3, -0.25) is 9.59 Å². The predicted molar refractivity (Wildman–Crippen MR) is 98.4 cm³/mol. The van der Waals surface area contributed by atoms with Gasteiger partial charge in [-0.25, -0.2) is 0 Å². The summed E-state index contributed by atoms with van der Waals surface area (Å²) in [6.45, 7) is -0.373. The summed E-state index contributed by atoms with van der Waals surface area (Å²) < 4.78 is 15.7. The van der Waals surface area contributed by atoms with Crippen LogP contribution in [-0.4, -0.2) is 32.6 Å². The van der Waals surface area contributed by atoms with E-state index in [0.717, 1.165) is 0 Å². The molecule has 2 aromatic rings. The largest absolute Gasteiger partial charge is 0.493 e. The molecule has 0 unspecified atom stereocenters. The number of amides is 2. The van der Waals surface area contributed by atoms with Gasteiger partial charge in [-0.05, 0) is 30.3 Å². The van der Waals surface area contributed by atoms with E-state index in [1.165, 1.54) is 38.5 Å². The van der Waals surface area contributed by atoms with Crippen LogP contribution < -0.4 is 25.3 Å². The number of methoxy groups -OCH3 is 2. The first-order valence-corrected chi connectivity index (χ1v) is 7.95. The summed E-state index contributed by atoms with van der Waals surface area (Å²) in [5.74, 6) is -0.596. The van der Waals surface area contributed by atoms with E-state index in [0.29, 0.717) is 11.3 Å². The molecule has 0 aliphatic rings. The Morgan fingerprint density at radius 2 is 1.81 bits per heavy atom. The van der Waals surface area contributed by atoms with E-state index in [9.17, 15) is 9.59 Å². The highest BCUT2D eigenvalue weighted by Gasteiger charge is 2.18. The monoisotopic (exact) mass is 389 g/mol. The van der Waals surface area contributed by atoms with E-state index in [4.69, 9.17) is 36.8 Å². The molecule has 0 spiro atoms. The lowest BCUT2D eigenvalue weighted by Gasteiger charge is -2.15. The second kappa shape index (κ2) is 8.78. The normalized spacial score (nSPS) is 9.85. The summed E-state index contributed by atoms with van der Waals surface area (Å²) in [5, 5.41) is 11.8. The van der Waals surface area contributed by atoms with Crippen LogP contribution in [0.25, 0.3) is 0 Å². The fraction of sp³-hybridized carbons (Fsp3) is 0.167. The molecule has 0 heterocycles. The molecule has 0 saturated heterocycles. The van der Waals surface area contributed by atoms with Crippen molar-refractivity contribution in [2.75, 3.05) is 26.1 Å². The molecule has 27 heavy (non-hydrogen) atoms. The first-order chi connectivity index (χ1) is 12.9. The molecule has 3 N–H and O–H groups in total. The van der Waals surface area contributed by atoms with E-state index in [-0.39, 0.29) is 34.4 Å². The van der Waals surface area contributed by atoms with Gasteiger partial charge < -0.3 is 25.3 Å². The highest BCUT2D eigenvalue weighted by Crippen LogP contribution is 2.38. The number of anilines is 1. The molecule has 0 aliphatic carbocycles. The summed E-state index contributed by atoms with van der Waals surface area (Å²) in [7, 11) is 2.77. The Morgan fingerprint density at radius 3 is 2.30 bits per heavy atom. The van der Waals surface area contributed by atoms with E-state index in [1.54, 1.807) is 6.07 Å². The number of nitrogens with one attached hydrogen (secondary N) is 1. The quantitative estimate of drug-likeness (QED) is 0.749. The lowest BCUT2D eigenvalue weighted by Crippen LogP contribution is -2.20. The molecular formula is C18H16ClN3O5. The number of halogens is 1. The number of ether oxygens (including phenoxy) is 3. The van der Waals surface area contributed by atoms with Gasteiger partial charge >= 0.3 is 0 Å². The summed E-state index contributed by atoms with van der Waals surface area (Å²) in [6.07, 6.45) is 0. The molecule has 0 aromatic heterocycles. The van der Waals surface area contributed by atoms with Crippen LogP contribution >= 0.6 is 11.6 Å². The molecule has 2 aromatic carbocycles. The lowest BCUT2D eigenvalue weighted by molar-refractivity contribution is -0.120. The van der Waals surface area contributed by atoms with E-state index < -0.39 is 11.8 Å². The van der Waals surface area contributed by atoms with Crippen molar-refractivity contribution in [2.24, 2.45) is 5.73 Å². The summed E-state index contributed by atoms with van der Waals surface area (Å²) >= 11 is 5.97. The molecule has 0 bridgehead atoms. The van der Waals surface area contributed by atoms with Gasteiger partial charge in [-0.15, -0.1) is 0 Å². The van der Waals surface area contributed by atoms with Crippen LogP contribution in [0, 0.1) is 11.3 Å². The number of rotatable bonds is 7. The van der Waals surface area contributed by atoms with Crippen molar-refractivity contribution in [1.82, 2.24) is 0 Å².